The van der Waals surface area contributed by atoms with Gasteiger partial charge in [0.05, 0.1) is 0 Å². The number of ether oxygens (including phenoxy) is 1. The van der Waals surface area contributed by atoms with Gasteiger partial charge in [-0.1, -0.05) is 0 Å². The first kappa shape index (κ1) is 9.59. The van der Waals surface area contributed by atoms with Crippen LogP contribution in [0.2, 0.25) is 0 Å². The summed E-state index contributed by atoms with van der Waals surface area (Å²) >= 11 is 0. The first-order valence-corrected chi connectivity index (χ1v) is 4.36. The van der Waals surface area contributed by atoms with Crippen molar-refractivity contribution in [3.63, 3.8) is 0 Å². The van der Waals surface area contributed by atoms with E-state index in [1.807, 2.05) is 6.08 Å². The lowest BCUT2D eigenvalue weighted by Crippen LogP contribution is -2.26. The number of nitriles is 1. The Kier molecular flexibility index (Phi) is 3.32. The molecule has 0 radical (unpaired) electrons. The van der Waals surface area contributed by atoms with E-state index in [0.717, 1.165) is 24.2 Å². The van der Waals surface area contributed by atoms with Crippen LogP contribution in [-0.2, 0) is 4.74 Å². The lowest BCUT2D eigenvalue weighted by molar-refractivity contribution is 0.147. The van der Waals surface area contributed by atoms with Crippen LogP contribution in [0.3, 0.4) is 0 Å². The second-order valence-electron chi connectivity index (χ2n) is 2.77. The van der Waals surface area contributed by atoms with Crippen molar-refractivity contribution in [2.45, 2.75) is 26.2 Å². The number of allylic oxidation sites excluding steroid dienone is 2. The first-order chi connectivity index (χ1) is 6.27. The summed E-state index contributed by atoms with van der Waals surface area (Å²) in [7, 11) is 0. The number of hydrogen-bond donors (Lipinski definition) is 0. The van der Waals surface area contributed by atoms with Gasteiger partial charge in [-0.25, -0.2) is 9.69 Å². The quantitative estimate of drug-likeness (QED) is 0.482. The Morgan fingerprint density at radius 2 is 2.62 bits per heavy atom. The van der Waals surface area contributed by atoms with E-state index in [2.05, 4.69) is 0 Å². The van der Waals surface area contributed by atoms with Gasteiger partial charge >= 0.3 is 6.09 Å². The van der Waals surface area contributed by atoms with Crippen LogP contribution in [0.25, 0.3) is 0 Å². The highest BCUT2D eigenvalue weighted by Gasteiger charge is 2.16. The highest BCUT2D eigenvalue weighted by Crippen LogP contribution is 2.19. The zero-order valence-corrected chi connectivity index (χ0v) is 7.62. The molecule has 0 saturated heterocycles. The average Bonchev–Trinajstić information content (AvgIpc) is 2.59. The fourth-order valence-corrected chi connectivity index (χ4v) is 1.14. The lowest BCUT2D eigenvalue weighted by atomic mass is 10.4. The van der Waals surface area contributed by atoms with E-state index in [-0.39, 0.29) is 0 Å². The van der Waals surface area contributed by atoms with Crippen molar-refractivity contribution in [3.8, 4) is 6.19 Å². The number of rotatable bonds is 2. The molecule has 4 heteroatoms. The van der Waals surface area contributed by atoms with E-state index in [9.17, 15) is 4.79 Å². The van der Waals surface area contributed by atoms with Gasteiger partial charge in [0, 0.05) is 13.0 Å². The molecule has 0 heterocycles. The van der Waals surface area contributed by atoms with Crippen molar-refractivity contribution in [3.05, 3.63) is 11.8 Å². The van der Waals surface area contributed by atoms with Crippen molar-refractivity contribution in [1.29, 1.82) is 5.26 Å². The summed E-state index contributed by atoms with van der Waals surface area (Å²) in [6.45, 7) is 2.08. The SMILES string of the molecule is CCN(C#N)C(=O)OC1=CCCC1. The van der Waals surface area contributed by atoms with Crippen LogP contribution in [0.1, 0.15) is 26.2 Å². The molecule has 1 aliphatic carbocycles. The molecule has 70 valence electrons. The molecule has 0 saturated carbocycles. The Morgan fingerprint density at radius 3 is 3.08 bits per heavy atom. The van der Waals surface area contributed by atoms with Crippen LogP contribution in [0.15, 0.2) is 11.8 Å². The predicted octanol–water partition coefficient (Wildman–Crippen LogP) is 1.99. The van der Waals surface area contributed by atoms with Crippen LogP contribution in [0.5, 0.6) is 0 Å². The van der Waals surface area contributed by atoms with Crippen LogP contribution in [0.4, 0.5) is 4.79 Å². The smallest absolute Gasteiger partial charge is 0.414 e. The molecule has 0 fully saturated rings. The lowest BCUT2D eigenvalue weighted by Gasteiger charge is -2.11. The molecule has 0 aromatic carbocycles. The minimum Gasteiger partial charge on any atom is -0.414 e. The summed E-state index contributed by atoms with van der Waals surface area (Å²) in [5.74, 6) is 0.693. The van der Waals surface area contributed by atoms with Crippen molar-refractivity contribution in [1.82, 2.24) is 4.90 Å². The third-order valence-electron chi connectivity index (χ3n) is 1.88. The average molecular weight is 180 g/mol. The van der Waals surface area contributed by atoms with E-state index < -0.39 is 6.09 Å². The summed E-state index contributed by atoms with van der Waals surface area (Å²) in [4.78, 5) is 12.2. The van der Waals surface area contributed by atoms with Crippen molar-refractivity contribution in [2.75, 3.05) is 6.54 Å². The molecule has 1 aliphatic rings. The third-order valence-corrected chi connectivity index (χ3v) is 1.88. The maximum absolute atomic E-state index is 11.2. The van der Waals surface area contributed by atoms with Crippen molar-refractivity contribution in [2.24, 2.45) is 0 Å². The maximum Gasteiger partial charge on any atom is 0.428 e. The van der Waals surface area contributed by atoms with E-state index >= 15 is 0 Å². The van der Waals surface area contributed by atoms with E-state index in [1.54, 1.807) is 13.1 Å². The van der Waals surface area contributed by atoms with Gasteiger partial charge in [-0.3, -0.25) is 0 Å². The molecule has 0 atom stereocenters. The van der Waals surface area contributed by atoms with Crippen LogP contribution in [0, 0.1) is 11.5 Å². The molecule has 4 nitrogen and oxygen atoms in total. The Morgan fingerprint density at radius 1 is 1.85 bits per heavy atom. The number of nitrogens with zero attached hydrogens (tertiary/aromatic N) is 2. The molecule has 0 N–H and O–H groups in total. The first-order valence-electron chi connectivity index (χ1n) is 4.36. The van der Waals surface area contributed by atoms with Crippen molar-refractivity contribution >= 4 is 6.09 Å². The molecule has 0 bridgehead atoms. The monoisotopic (exact) mass is 180 g/mol. The van der Waals surface area contributed by atoms with Gasteiger partial charge in [0.2, 0.25) is 0 Å². The Balaban J connectivity index is 2.44. The van der Waals surface area contributed by atoms with Gasteiger partial charge in [0.25, 0.3) is 0 Å². The molecule has 0 unspecified atom stereocenters. The molecular weight excluding hydrogens is 168 g/mol. The number of carbonyl (C=O) groups excluding carboxylic acids is 1. The highest BCUT2D eigenvalue weighted by atomic mass is 16.6. The topological polar surface area (TPSA) is 53.3 Å². The molecule has 0 aromatic rings. The second kappa shape index (κ2) is 4.51. The number of carbonyl (C=O) groups is 1. The van der Waals surface area contributed by atoms with Crippen molar-refractivity contribution < 1.29 is 9.53 Å². The standard InChI is InChI=1S/C9H12N2O2/c1-2-11(7-10)9(12)13-8-5-3-4-6-8/h5H,2-4,6H2,1H3. The van der Waals surface area contributed by atoms with Gasteiger partial charge in [-0.05, 0) is 25.8 Å². The summed E-state index contributed by atoms with van der Waals surface area (Å²) in [5, 5.41) is 8.53. The second-order valence-corrected chi connectivity index (χ2v) is 2.77. The van der Waals surface area contributed by atoms with E-state index in [1.165, 1.54) is 0 Å². The van der Waals surface area contributed by atoms with E-state index in [0.29, 0.717) is 12.3 Å². The summed E-state index contributed by atoms with van der Waals surface area (Å²) < 4.78 is 4.98. The molecule has 1 rings (SSSR count). The van der Waals surface area contributed by atoms with E-state index in [4.69, 9.17) is 10.00 Å². The summed E-state index contributed by atoms with van der Waals surface area (Å²) in [6, 6.07) is 0. The minimum absolute atomic E-state index is 0.350. The largest absolute Gasteiger partial charge is 0.428 e. The Hall–Kier alpha value is -1.50. The molecule has 0 spiro atoms. The van der Waals surface area contributed by atoms with Gasteiger partial charge in [0.1, 0.15) is 5.76 Å². The van der Waals surface area contributed by atoms with Gasteiger partial charge in [0.15, 0.2) is 6.19 Å². The van der Waals surface area contributed by atoms with Gasteiger partial charge < -0.3 is 4.74 Å². The number of amides is 1. The fourth-order valence-electron chi connectivity index (χ4n) is 1.14. The minimum atomic E-state index is -0.571. The fraction of sp³-hybridized carbons (Fsp3) is 0.556. The molecule has 1 amide bonds. The van der Waals surface area contributed by atoms with Crippen LogP contribution < -0.4 is 0 Å². The van der Waals surface area contributed by atoms with Gasteiger partial charge in [-0.15, -0.1) is 0 Å². The third kappa shape index (κ3) is 2.48. The molecular formula is C9H12N2O2. The summed E-state index contributed by atoms with van der Waals surface area (Å²) in [6.07, 6.45) is 5.87. The highest BCUT2D eigenvalue weighted by molar-refractivity contribution is 5.70. The zero-order chi connectivity index (χ0) is 9.68. The number of hydrogen-bond acceptors (Lipinski definition) is 3. The normalized spacial score (nSPS) is 14.6. The van der Waals surface area contributed by atoms with Crippen LogP contribution in [-0.4, -0.2) is 17.5 Å². The Bertz CT molecular complexity index is 265. The molecule has 0 aromatic heterocycles. The van der Waals surface area contributed by atoms with Crippen LogP contribution >= 0.6 is 0 Å². The molecule has 13 heavy (non-hydrogen) atoms. The summed E-state index contributed by atoms with van der Waals surface area (Å²) in [5.41, 5.74) is 0. The predicted molar refractivity (Wildman–Crippen MR) is 46.4 cm³/mol. The molecule has 0 aliphatic heterocycles. The van der Waals surface area contributed by atoms with Gasteiger partial charge in [-0.2, -0.15) is 5.26 Å². The zero-order valence-electron chi connectivity index (χ0n) is 7.62. The maximum atomic E-state index is 11.2. The Labute approximate surface area is 77.4 Å².